The van der Waals surface area contributed by atoms with Crippen molar-refractivity contribution in [3.63, 3.8) is 0 Å². The molecule has 0 amide bonds. The lowest BCUT2D eigenvalue weighted by Crippen LogP contribution is -2.28. The van der Waals surface area contributed by atoms with E-state index in [0.717, 1.165) is 18.8 Å². The summed E-state index contributed by atoms with van der Waals surface area (Å²) in [4.78, 5) is 0. The van der Waals surface area contributed by atoms with E-state index in [1.165, 1.54) is 30.4 Å². The Morgan fingerprint density at radius 2 is 2.18 bits per heavy atom. The van der Waals surface area contributed by atoms with Gasteiger partial charge in [0, 0.05) is 0 Å². The topological polar surface area (TPSA) is 23.8 Å². The summed E-state index contributed by atoms with van der Waals surface area (Å²) >= 11 is 0. The first kappa shape index (κ1) is 10.8. The Morgan fingerprint density at radius 3 is 2.76 bits per heavy atom. The van der Waals surface area contributed by atoms with Crippen LogP contribution in [-0.4, -0.2) is 0 Å². The van der Waals surface area contributed by atoms with Crippen molar-refractivity contribution in [3.05, 3.63) is 35.4 Å². The maximum absolute atomic E-state index is 9.64. The molecule has 0 heterocycles. The van der Waals surface area contributed by atoms with Crippen molar-refractivity contribution in [1.29, 1.82) is 5.26 Å². The van der Waals surface area contributed by atoms with E-state index in [1.807, 2.05) is 0 Å². The summed E-state index contributed by atoms with van der Waals surface area (Å²) in [5, 5.41) is 9.64. The quantitative estimate of drug-likeness (QED) is 0.749. The number of aryl methyl sites for hydroxylation is 1. The molecule has 88 valence electrons. The maximum atomic E-state index is 9.64. The van der Waals surface area contributed by atoms with E-state index >= 15 is 0 Å². The van der Waals surface area contributed by atoms with Gasteiger partial charge in [-0.1, -0.05) is 30.7 Å². The predicted molar refractivity (Wildman–Crippen MR) is 68.4 cm³/mol. The highest BCUT2D eigenvalue weighted by Crippen LogP contribution is 2.57. The number of hydrogen-bond donors (Lipinski definition) is 0. The highest BCUT2D eigenvalue weighted by Gasteiger charge is 2.51. The highest BCUT2D eigenvalue weighted by atomic mass is 14.6. The molecule has 2 saturated carbocycles. The van der Waals surface area contributed by atoms with Gasteiger partial charge in [-0.15, -0.1) is 0 Å². The van der Waals surface area contributed by atoms with Crippen molar-refractivity contribution in [2.45, 2.75) is 39.0 Å². The maximum Gasteiger partial charge on any atom is 0.0696 e. The molecule has 0 spiro atoms. The smallest absolute Gasteiger partial charge is 0.0696 e. The molecular weight excluding hydrogens is 206 g/mol. The first-order valence-corrected chi connectivity index (χ1v) is 6.69. The van der Waals surface area contributed by atoms with Crippen molar-refractivity contribution in [2.75, 3.05) is 0 Å². The first-order chi connectivity index (χ1) is 8.23. The van der Waals surface area contributed by atoms with Crippen molar-refractivity contribution >= 4 is 0 Å². The summed E-state index contributed by atoms with van der Waals surface area (Å²) in [5.41, 5.74) is 2.67. The van der Waals surface area contributed by atoms with E-state index in [2.05, 4.69) is 37.3 Å². The Labute approximate surface area is 103 Å². The Hall–Kier alpha value is -1.29. The molecular formula is C16H19N. The van der Waals surface area contributed by atoms with Gasteiger partial charge in [0.1, 0.15) is 0 Å². The summed E-state index contributed by atoms with van der Waals surface area (Å²) in [7, 11) is 0. The minimum atomic E-state index is -0.0466. The summed E-state index contributed by atoms with van der Waals surface area (Å²) in [5.74, 6) is 1.50. The number of fused-ring (bicyclic) bond motifs is 2. The number of benzene rings is 1. The van der Waals surface area contributed by atoms with E-state index in [4.69, 9.17) is 0 Å². The van der Waals surface area contributed by atoms with Crippen LogP contribution in [0.3, 0.4) is 0 Å². The van der Waals surface area contributed by atoms with Gasteiger partial charge in [0.15, 0.2) is 0 Å². The average molecular weight is 225 g/mol. The standard InChI is InChI=1S/C16H19N/c1-12-4-2-3-5-14(12)10-16(11-17)9-13-6-7-15(16)8-13/h2-5,13,15H,6-10H2,1H3. The van der Waals surface area contributed by atoms with Crippen LogP contribution >= 0.6 is 0 Å². The number of nitrogens with zero attached hydrogens (tertiary/aromatic N) is 1. The second kappa shape index (κ2) is 3.88. The molecule has 2 bridgehead atoms. The summed E-state index contributed by atoms with van der Waals surface area (Å²) < 4.78 is 0. The molecule has 3 rings (SSSR count). The van der Waals surface area contributed by atoms with E-state index in [-0.39, 0.29) is 5.41 Å². The summed E-state index contributed by atoms with van der Waals surface area (Å²) in [6, 6.07) is 11.2. The van der Waals surface area contributed by atoms with Crippen LogP contribution in [0.25, 0.3) is 0 Å². The van der Waals surface area contributed by atoms with Crippen LogP contribution in [0, 0.1) is 35.5 Å². The normalized spacial score (nSPS) is 34.8. The molecule has 0 N–H and O–H groups in total. The fourth-order valence-corrected chi connectivity index (χ4v) is 3.99. The molecule has 0 saturated heterocycles. The Morgan fingerprint density at radius 1 is 1.35 bits per heavy atom. The molecule has 2 aliphatic carbocycles. The third-order valence-electron chi connectivity index (χ3n) is 4.97. The molecule has 1 heteroatoms. The van der Waals surface area contributed by atoms with Crippen molar-refractivity contribution in [2.24, 2.45) is 17.3 Å². The van der Waals surface area contributed by atoms with Gasteiger partial charge in [0.25, 0.3) is 0 Å². The van der Waals surface area contributed by atoms with Crippen LogP contribution in [0.4, 0.5) is 0 Å². The minimum Gasteiger partial charge on any atom is -0.198 e. The molecule has 0 radical (unpaired) electrons. The summed E-state index contributed by atoms with van der Waals surface area (Å²) in [6.45, 7) is 2.16. The SMILES string of the molecule is Cc1ccccc1CC1(C#N)CC2CCC1C2. The second-order valence-electron chi connectivity index (χ2n) is 5.95. The van der Waals surface area contributed by atoms with Crippen molar-refractivity contribution in [1.82, 2.24) is 0 Å². The molecule has 2 fully saturated rings. The summed E-state index contributed by atoms with van der Waals surface area (Å²) in [6.07, 6.45) is 6.06. The van der Waals surface area contributed by atoms with Crippen LogP contribution in [0.5, 0.6) is 0 Å². The van der Waals surface area contributed by atoms with Gasteiger partial charge in [0.05, 0.1) is 11.5 Å². The van der Waals surface area contributed by atoms with Crippen LogP contribution in [0.15, 0.2) is 24.3 Å². The largest absolute Gasteiger partial charge is 0.198 e. The van der Waals surface area contributed by atoms with Crippen LogP contribution in [0.1, 0.15) is 36.8 Å². The van der Waals surface area contributed by atoms with Gasteiger partial charge >= 0.3 is 0 Å². The number of hydrogen-bond acceptors (Lipinski definition) is 1. The van der Waals surface area contributed by atoms with Crippen LogP contribution < -0.4 is 0 Å². The minimum absolute atomic E-state index is 0.0466. The van der Waals surface area contributed by atoms with Gasteiger partial charge < -0.3 is 0 Å². The Kier molecular flexibility index (Phi) is 2.47. The van der Waals surface area contributed by atoms with E-state index in [1.54, 1.807) is 0 Å². The highest BCUT2D eigenvalue weighted by molar-refractivity contribution is 5.29. The van der Waals surface area contributed by atoms with Crippen molar-refractivity contribution in [3.8, 4) is 6.07 Å². The third-order valence-corrected chi connectivity index (χ3v) is 4.97. The molecule has 1 aromatic carbocycles. The fraction of sp³-hybridized carbons (Fsp3) is 0.562. The van der Waals surface area contributed by atoms with Crippen LogP contribution in [-0.2, 0) is 6.42 Å². The number of nitriles is 1. The lowest BCUT2D eigenvalue weighted by atomic mass is 9.70. The molecule has 3 unspecified atom stereocenters. The molecule has 3 atom stereocenters. The van der Waals surface area contributed by atoms with E-state index < -0.39 is 0 Å². The van der Waals surface area contributed by atoms with Gasteiger partial charge in [-0.3, -0.25) is 0 Å². The monoisotopic (exact) mass is 225 g/mol. The molecule has 1 nitrogen and oxygen atoms in total. The fourth-order valence-electron chi connectivity index (χ4n) is 3.99. The molecule has 0 aromatic heterocycles. The van der Waals surface area contributed by atoms with Gasteiger partial charge in [-0.25, -0.2) is 0 Å². The predicted octanol–water partition coefficient (Wildman–Crippen LogP) is 3.87. The van der Waals surface area contributed by atoms with Gasteiger partial charge in [-0.05, 0) is 55.6 Å². The number of rotatable bonds is 2. The van der Waals surface area contributed by atoms with Crippen LogP contribution in [0.2, 0.25) is 0 Å². The lowest BCUT2D eigenvalue weighted by molar-refractivity contribution is 0.239. The Balaban J connectivity index is 1.89. The first-order valence-electron chi connectivity index (χ1n) is 6.69. The lowest BCUT2D eigenvalue weighted by Gasteiger charge is -2.31. The van der Waals surface area contributed by atoms with E-state index in [9.17, 15) is 5.26 Å². The van der Waals surface area contributed by atoms with E-state index in [0.29, 0.717) is 5.92 Å². The molecule has 2 aliphatic rings. The molecule has 17 heavy (non-hydrogen) atoms. The Bertz CT molecular complexity index is 471. The van der Waals surface area contributed by atoms with Crippen molar-refractivity contribution < 1.29 is 0 Å². The second-order valence-corrected chi connectivity index (χ2v) is 5.95. The average Bonchev–Trinajstić information content (AvgIpc) is 2.93. The zero-order valence-corrected chi connectivity index (χ0v) is 10.4. The molecule has 1 aromatic rings. The zero-order valence-electron chi connectivity index (χ0n) is 10.4. The van der Waals surface area contributed by atoms with Gasteiger partial charge in [0.2, 0.25) is 0 Å². The molecule has 0 aliphatic heterocycles. The zero-order chi connectivity index (χ0) is 11.9. The third kappa shape index (κ3) is 1.67. The van der Waals surface area contributed by atoms with Gasteiger partial charge in [-0.2, -0.15) is 5.26 Å².